The summed E-state index contributed by atoms with van der Waals surface area (Å²) in [5.74, 6) is -0.754. The van der Waals surface area contributed by atoms with Crippen molar-refractivity contribution in [2.24, 2.45) is 0 Å². The van der Waals surface area contributed by atoms with Gasteiger partial charge in [-0.15, -0.1) is 0 Å². The molecule has 1 atom stereocenters. The lowest BCUT2D eigenvalue weighted by atomic mass is 9.94. The quantitative estimate of drug-likeness (QED) is 0.875. The van der Waals surface area contributed by atoms with Gasteiger partial charge in [0.25, 0.3) is 0 Å². The highest BCUT2D eigenvalue weighted by Gasteiger charge is 2.30. The van der Waals surface area contributed by atoms with Crippen molar-refractivity contribution < 1.29 is 18.3 Å². The topological polar surface area (TPSA) is 74.7 Å². The Morgan fingerprint density at radius 1 is 1.35 bits per heavy atom. The first-order valence-corrected chi connectivity index (χ1v) is 8.64. The molecule has 0 saturated carbocycles. The second-order valence-electron chi connectivity index (χ2n) is 5.28. The van der Waals surface area contributed by atoms with E-state index in [2.05, 4.69) is 0 Å². The lowest BCUT2D eigenvalue weighted by Crippen LogP contribution is -2.46. The molecule has 110 valence electrons. The van der Waals surface area contributed by atoms with Gasteiger partial charge in [-0.3, -0.25) is 9.69 Å². The van der Waals surface area contributed by atoms with Crippen LogP contribution in [0.3, 0.4) is 0 Å². The molecule has 1 aliphatic rings. The maximum atomic E-state index is 11.4. The zero-order valence-corrected chi connectivity index (χ0v) is 12.3. The Bertz CT molecular complexity index is 597. The van der Waals surface area contributed by atoms with Gasteiger partial charge >= 0.3 is 5.97 Å². The van der Waals surface area contributed by atoms with Crippen molar-refractivity contribution in [3.63, 3.8) is 0 Å². The molecule has 20 heavy (non-hydrogen) atoms. The normalized spacial score (nSPS) is 19.6. The van der Waals surface area contributed by atoms with Gasteiger partial charge in [0.2, 0.25) is 0 Å². The minimum Gasteiger partial charge on any atom is -0.480 e. The van der Waals surface area contributed by atoms with Crippen LogP contribution in [0.1, 0.15) is 17.5 Å². The molecule has 0 amide bonds. The average molecular weight is 297 g/mol. The average Bonchev–Trinajstić information content (AvgIpc) is 2.36. The molecule has 1 aromatic rings. The number of fused-ring (bicyclic) bond motifs is 1. The van der Waals surface area contributed by atoms with E-state index < -0.39 is 21.8 Å². The second-order valence-corrected chi connectivity index (χ2v) is 7.54. The monoisotopic (exact) mass is 297 g/mol. The van der Waals surface area contributed by atoms with Gasteiger partial charge in [0.05, 0.1) is 5.75 Å². The van der Waals surface area contributed by atoms with Crippen molar-refractivity contribution >= 4 is 15.8 Å². The lowest BCUT2D eigenvalue weighted by Gasteiger charge is -2.34. The number of aliphatic carboxylic acids is 1. The van der Waals surface area contributed by atoms with Crippen LogP contribution >= 0.6 is 0 Å². The van der Waals surface area contributed by atoms with E-state index in [4.69, 9.17) is 0 Å². The summed E-state index contributed by atoms with van der Waals surface area (Å²) >= 11 is 0. The minimum atomic E-state index is -3.00. The molecule has 2 rings (SSSR count). The third kappa shape index (κ3) is 3.80. The number of sulfone groups is 1. The minimum absolute atomic E-state index is 0.0947. The highest BCUT2D eigenvalue weighted by atomic mass is 32.2. The van der Waals surface area contributed by atoms with Crippen LogP contribution in [0.25, 0.3) is 0 Å². The summed E-state index contributed by atoms with van der Waals surface area (Å²) in [5.41, 5.74) is 2.20. The van der Waals surface area contributed by atoms with E-state index in [-0.39, 0.29) is 5.75 Å². The van der Waals surface area contributed by atoms with Crippen LogP contribution in [-0.4, -0.2) is 49.0 Å². The van der Waals surface area contributed by atoms with Crippen LogP contribution in [-0.2, 0) is 27.6 Å². The molecule has 0 bridgehead atoms. The number of benzene rings is 1. The highest BCUT2D eigenvalue weighted by molar-refractivity contribution is 7.90. The Labute approximate surface area is 119 Å². The van der Waals surface area contributed by atoms with E-state index in [0.717, 1.165) is 11.1 Å². The number of carboxylic acid groups (broad SMARTS) is 1. The summed E-state index contributed by atoms with van der Waals surface area (Å²) in [7, 11) is -3.00. The van der Waals surface area contributed by atoms with Gasteiger partial charge < -0.3 is 5.11 Å². The van der Waals surface area contributed by atoms with E-state index in [1.807, 2.05) is 29.2 Å². The van der Waals surface area contributed by atoms with Gasteiger partial charge in [0, 0.05) is 19.3 Å². The van der Waals surface area contributed by atoms with Crippen LogP contribution in [0.2, 0.25) is 0 Å². The Morgan fingerprint density at radius 3 is 2.60 bits per heavy atom. The van der Waals surface area contributed by atoms with Crippen LogP contribution in [0, 0.1) is 0 Å². The van der Waals surface area contributed by atoms with Gasteiger partial charge in [-0.05, 0) is 24.0 Å². The number of nitrogens with zero attached hydrogens (tertiary/aromatic N) is 1. The first-order valence-electron chi connectivity index (χ1n) is 6.58. The standard InChI is InChI=1S/C14H19NO4S/c1-20(18,19)8-4-7-15-10-12-6-3-2-5-11(12)9-13(15)14(16)17/h2-3,5-6,13H,4,7-10H2,1H3,(H,16,17). The van der Waals surface area contributed by atoms with Crippen molar-refractivity contribution in [3.05, 3.63) is 35.4 Å². The molecule has 5 nitrogen and oxygen atoms in total. The second kappa shape index (κ2) is 5.93. The smallest absolute Gasteiger partial charge is 0.321 e. The fraction of sp³-hybridized carbons (Fsp3) is 0.500. The van der Waals surface area contributed by atoms with Crippen molar-refractivity contribution in [1.82, 2.24) is 4.90 Å². The lowest BCUT2D eigenvalue weighted by molar-refractivity contribution is -0.143. The summed E-state index contributed by atoms with van der Waals surface area (Å²) < 4.78 is 22.3. The fourth-order valence-electron chi connectivity index (χ4n) is 2.59. The van der Waals surface area contributed by atoms with Crippen molar-refractivity contribution in [1.29, 1.82) is 0 Å². The van der Waals surface area contributed by atoms with Crippen LogP contribution < -0.4 is 0 Å². The van der Waals surface area contributed by atoms with Crippen molar-refractivity contribution in [2.45, 2.75) is 25.4 Å². The van der Waals surface area contributed by atoms with Gasteiger partial charge in [-0.2, -0.15) is 0 Å². The fourth-order valence-corrected chi connectivity index (χ4v) is 3.24. The molecule has 1 aliphatic heterocycles. The number of hydrogen-bond acceptors (Lipinski definition) is 4. The Balaban J connectivity index is 2.08. The Kier molecular flexibility index (Phi) is 4.45. The van der Waals surface area contributed by atoms with Crippen LogP contribution in [0.4, 0.5) is 0 Å². The molecular formula is C14H19NO4S. The maximum absolute atomic E-state index is 11.4. The SMILES string of the molecule is CS(=O)(=O)CCCN1Cc2ccccc2CC1C(=O)O. The number of hydrogen-bond donors (Lipinski definition) is 1. The number of carbonyl (C=O) groups is 1. The summed E-state index contributed by atoms with van der Waals surface area (Å²) in [4.78, 5) is 13.2. The third-order valence-corrected chi connectivity index (χ3v) is 4.62. The van der Waals surface area contributed by atoms with E-state index in [1.165, 1.54) is 6.26 Å². The predicted molar refractivity (Wildman–Crippen MR) is 76.3 cm³/mol. The molecule has 1 unspecified atom stereocenters. The predicted octanol–water partition coefficient (Wildman–Crippen LogP) is 0.933. The Hall–Kier alpha value is -1.40. The van der Waals surface area contributed by atoms with E-state index in [9.17, 15) is 18.3 Å². The summed E-state index contributed by atoms with van der Waals surface area (Å²) in [6.45, 7) is 1.05. The zero-order valence-electron chi connectivity index (χ0n) is 11.4. The molecular weight excluding hydrogens is 278 g/mol. The van der Waals surface area contributed by atoms with Crippen molar-refractivity contribution in [3.8, 4) is 0 Å². The molecule has 0 saturated heterocycles. The summed E-state index contributed by atoms with van der Waals surface area (Å²) in [6, 6.07) is 7.24. The third-order valence-electron chi connectivity index (χ3n) is 3.59. The molecule has 0 radical (unpaired) electrons. The molecule has 1 N–H and O–H groups in total. The molecule has 6 heteroatoms. The molecule has 0 spiro atoms. The van der Waals surface area contributed by atoms with Gasteiger partial charge in [0.1, 0.15) is 15.9 Å². The Morgan fingerprint density at radius 2 is 2.00 bits per heavy atom. The van der Waals surface area contributed by atoms with Crippen LogP contribution in [0.15, 0.2) is 24.3 Å². The van der Waals surface area contributed by atoms with Gasteiger partial charge in [0.15, 0.2) is 0 Å². The van der Waals surface area contributed by atoms with E-state index >= 15 is 0 Å². The largest absolute Gasteiger partial charge is 0.480 e. The van der Waals surface area contributed by atoms with Crippen LogP contribution in [0.5, 0.6) is 0 Å². The molecule has 0 aliphatic carbocycles. The summed E-state index contributed by atoms with van der Waals surface area (Å²) in [5, 5.41) is 9.33. The molecule has 0 aromatic heterocycles. The van der Waals surface area contributed by atoms with Crippen molar-refractivity contribution in [2.75, 3.05) is 18.6 Å². The first-order chi connectivity index (χ1) is 9.37. The summed E-state index contributed by atoms with van der Waals surface area (Å²) in [6.07, 6.45) is 2.14. The zero-order chi connectivity index (χ0) is 14.8. The van der Waals surface area contributed by atoms with Gasteiger partial charge in [-0.1, -0.05) is 24.3 Å². The van der Waals surface area contributed by atoms with Gasteiger partial charge in [-0.25, -0.2) is 8.42 Å². The molecule has 1 heterocycles. The van der Waals surface area contributed by atoms with E-state index in [0.29, 0.717) is 25.9 Å². The molecule has 1 aromatic carbocycles. The number of carboxylic acids is 1. The maximum Gasteiger partial charge on any atom is 0.321 e. The molecule has 0 fully saturated rings. The van der Waals surface area contributed by atoms with E-state index in [1.54, 1.807) is 0 Å². The number of rotatable bonds is 5. The first kappa shape index (κ1) is 15.0. The highest BCUT2D eigenvalue weighted by Crippen LogP contribution is 2.23.